The molecule has 0 bridgehead atoms. The molecule has 0 aliphatic carbocycles. The van der Waals surface area contributed by atoms with E-state index in [4.69, 9.17) is 13.9 Å². The third-order valence-electron chi connectivity index (χ3n) is 4.75. The van der Waals surface area contributed by atoms with Gasteiger partial charge >= 0.3 is 5.97 Å². The Morgan fingerprint density at radius 1 is 1.06 bits per heavy atom. The molecule has 0 amide bonds. The van der Waals surface area contributed by atoms with Crippen LogP contribution in [0.2, 0.25) is 0 Å². The summed E-state index contributed by atoms with van der Waals surface area (Å²) in [5.74, 6) is 0.824. The molecular formula is C25H29NO5. The van der Waals surface area contributed by atoms with Gasteiger partial charge in [0.2, 0.25) is 0 Å². The van der Waals surface area contributed by atoms with Gasteiger partial charge in [-0.15, -0.1) is 0 Å². The second kappa shape index (κ2) is 11.3. The molecule has 0 radical (unpaired) electrons. The quantitative estimate of drug-likeness (QED) is 0.360. The van der Waals surface area contributed by atoms with Gasteiger partial charge in [-0.05, 0) is 31.5 Å². The molecule has 0 aliphatic heterocycles. The standard InChI is InChI=1S/C25H29NO5/c1-3-8-25(28)30-20(16-26-13-4-2)17-29-19-11-12-21-22(27)15-23(31-24(21)14-19)18-9-6-5-7-10-18/h5-7,9-12,14-15,20,26H,3-4,8,13,16-17H2,1-2H3. The zero-order valence-corrected chi connectivity index (χ0v) is 18.1. The van der Waals surface area contributed by atoms with Gasteiger partial charge in [-0.3, -0.25) is 9.59 Å². The number of carbonyl (C=O) groups is 1. The van der Waals surface area contributed by atoms with E-state index in [1.807, 2.05) is 37.3 Å². The van der Waals surface area contributed by atoms with Gasteiger partial charge < -0.3 is 19.2 Å². The van der Waals surface area contributed by atoms with Crippen molar-refractivity contribution in [3.8, 4) is 17.1 Å². The second-order valence-corrected chi connectivity index (χ2v) is 7.38. The lowest BCUT2D eigenvalue weighted by Gasteiger charge is -2.19. The third-order valence-corrected chi connectivity index (χ3v) is 4.75. The molecule has 0 saturated heterocycles. The van der Waals surface area contributed by atoms with Crippen molar-refractivity contribution in [3.63, 3.8) is 0 Å². The van der Waals surface area contributed by atoms with E-state index in [-0.39, 0.29) is 18.0 Å². The second-order valence-electron chi connectivity index (χ2n) is 7.38. The lowest BCUT2D eigenvalue weighted by molar-refractivity contribution is -0.150. The predicted octanol–water partition coefficient (Wildman–Crippen LogP) is 4.55. The van der Waals surface area contributed by atoms with Crippen molar-refractivity contribution >= 4 is 16.9 Å². The van der Waals surface area contributed by atoms with E-state index in [1.165, 1.54) is 6.07 Å². The van der Waals surface area contributed by atoms with E-state index in [9.17, 15) is 9.59 Å². The molecule has 0 aliphatic rings. The molecule has 0 saturated carbocycles. The number of hydrogen-bond donors (Lipinski definition) is 1. The number of esters is 1. The predicted molar refractivity (Wildman–Crippen MR) is 121 cm³/mol. The lowest BCUT2D eigenvalue weighted by Crippen LogP contribution is -2.36. The molecule has 1 unspecified atom stereocenters. The normalized spacial score (nSPS) is 11.9. The van der Waals surface area contributed by atoms with Crippen LogP contribution in [0.4, 0.5) is 0 Å². The van der Waals surface area contributed by atoms with Gasteiger partial charge in [-0.2, -0.15) is 0 Å². The maximum atomic E-state index is 12.5. The fourth-order valence-corrected chi connectivity index (χ4v) is 3.18. The molecule has 1 atom stereocenters. The molecule has 31 heavy (non-hydrogen) atoms. The maximum Gasteiger partial charge on any atom is 0.306 e. The van der Waals surface area contributed by atoms with E-state index >= 15 is 0 Å². The van der Waals surface area contributed by atoms with Crippen LogP contribution in [0.5, 0.6) is 5.75 Å². The molecule has 1 aromatic heterocycles. The fourth-order valence-electron chi connectivity index (χ4n) is 3.18. The number of hydrogen-bond acceptors (Lipinski definition) is 6. The first kappa shape index (κ1) is 22.6. The molecule has 2 aromatic carbocycles. The molecule has 0 fully saturated rings. The summed E-state index contributed by atoms with van der Waals surface area (Å²) in [5, 5.41) is 3.75. The van der Waals surface area contributed by atoms with Crippen LogP contribution in [-0.4, -0.2) is 31.8 Å². The largest absolute Gasteiger partial charge is 0.490 e. The Kier molecular flexibility index (Phi) is 8.24. The monoisotopic (exact) mass is 423 g/mol. The van der Waals surface area contributed by atoms with Gasteiger partial charge in [0.05, 0.1) is 5.39 Å². The summed E-state index contributed by atoms with van der Waals surface area (Å²) in [4.78, 5) is 24.4. The van der Waals surface area contributed by atoms with Gasteiger partial charge in [0.1, 0.15) is 29.8 Å². The highest BCUT2D eigenvalue weighted by molar-refractivity contribution is 5.80. The zero-order valence-electron chi connectivity index (χ0n) is 18.1. The Bertz CT molecular complexity index is 1040. The number of rotatable bonds is 11. The zero-order chi connectivity index (χ0) is 22.1. The van der Waals surface area contributed by atoms with Crippen molar-refractivity contribution in [3.05, 3.63) is 64.8 Å². The van der Waals surface area contributed by atoms with Gasteiger partial charge in [0.25, 0.3) is 0 Å². The molecule has 1 heterocycles. The summed E-state index contributed by atoms with van der Waals surface area (Å²) in [7, 11) is 0. The van der Waals surface area contributed by atoms with E-state index < -0.39 is 6.10 Å². The van der Waals surface area contributed by atoms with Crippen molar-refractivity contribution in [1.82, 2.24) is 5.32 Å². The van der Waals surface area contributed by atoms with Crippen LogP contribution in [-0.2, 0) is 9.53 Å². The summed E-state index contributed by atoms with van der Waals surface area (Å²) >= 11 is 0. The third kappa shape index (κ3) is 6.43. The summed E-state index contributed by atoms with van der Waals surface area (Å²) in [5.41, 5.74) is 1.17. The van der Waals surface area contributed by atoms with Crippen molar-refractivity contribution in [2.24, 2.45) is 0 Å². The summed E-state index contributed by atoms with van der Waals surface area (Å²) in [6.45, 7) is 5.58. The summed E-state index contributed by atoms with van der Waals surface area (Å²) < 4.78 is 17.4. The van der Waals surface area contributed by atoms with Crippen LogP contribution in [0, 0.1) is 0 Å². The van der Waals surface area contributed by atoms with Gasteiger partial charge in [0.15, 0.2) is 5.43 Å². The number of ether oxygens (including phenoxy) is 2. The highest BCUT2D eigenvalue weighted by Gasteiger charge is 2.15. The molecule has 164 valence electrons. The maximum absolute atomic E-state index is 12.5. The molecule has 6 nitrogen and oxygen atoms in total. The molecule has 3 aromatic rings. The highest BCUT2D eigenvalue weighted by atomic mass is 16.6. The first-order chi connectivity index (χ1) is 15.1. The average Bonchev–Trinajstić information content (AvgIpc) is 2.78. The molecule has 1 N–H and O–H groups in total. The Morgan fingerprint density at radius 3 is 2.61 bits per heavy atom. The molecular weight excluding hydrogens is 394 g/mol. The Morgan fingerprint density at radius 2 is 1.87 bits per heavy atom. The lowest BCUT2D eigenvalue weighted by atomic mass is 10.1. The first-order valence-corrected chi connectivity index (χ1v) is 10.8. The van der Waals surface area contributed by atoms with Crippen molar-refractivity contribution in [1.29, 1.82) is 0 Å². The topological polar surface area (TPSA) is 77.8 Å². The summed E-state index contributed by atoms with van der Waals surface area (Å²) in [6, 6.07) is 16.1. The smallest absolute Gasteiger partial charge is 0.306 e. The first-order valence-electron chi connectivity index (χ1n) is 10.8. The summed E-state index contributed by atoms with van der Waals surface area (Å²) in [6.07, 6.45) is 1.71. The number of fused-ring (bicyclic) bond motifs is 1. The van der Waals surface area contributed by atoms with Crippen LogP contribution < -0.4 is 15.5 Å². The minimum atomic E-state index is -0.399. The highest BCUT2D eigenvalue weighted by Crippen LogP contribution is 2.25. The minimum Gasteiger partial charge on any atom is -0.490 e. The molecule has 6 heteroatoms. The van der Waals surface area contributed by atoms with Gasteiger partial charge in [-0.1, -0.05) is 44.2 Å². The van der Waals surface area contributed by atoms with Crippen molar-refractivity contribution in [2.45, 2.75) is 39.2 Å². The van der Waals surface area contributed by atoms with Crippen LogP contribution in [0.3, 0.4) is 0 Å². The Hall–Kier alpha value is -3.12. The minimum absolute atomic E-state index is 0.109. The number of nitrogens with one attached hydrogen (secondary N) is 1. The Balaban J connectivity index is 1.76. The fraction of sp³-hybridized carbons (Fsp3) is 0.360. The average molecular weight is 424 g/mol. The van der Waals surface area contributed by atoms with Crippen LogP contribution >= 0.6 is 0 Å². The number of carbonyl (C=O) groups excluding carboxylic acids is 1. The van der Waals surface area contributed by atoms with Crippen LogP contribution in [0.15, 0.2) is 63.8 Å². The Labute approximate surface area is 182 Å². The van der Waals surface area contributed by atoms with Gasteiger partial charge in [0, 0.05) is 30.7 Å². The van der Waals surface area contributed by atoms with E-state index in [1.54, 1.807) is 18.2 Å². The van der Waals surface area contributed by atoms with E-state index in [0.29, 0.717) is 35.4 Å². The number of benzene rings is 2. The van der Waals surface area contributed by atoms with Crippen LogP contribution in [0.1, 0.15) is 33.1 Å². The van der Waals surface area contributed by atoms with Gasteiger partial charge in [-0.25, -0.2) is 0 Å². The molecule has 0 spiro atoms. The van der Waals surface area contributed by atoms with Crippen LogP contribution in [0.25, 0.3) is 22.3 Å². The van der Waals surface area contributed by atoms with Crippen molar-refractivity contribution < 1.29 is 18.7 Å². The SMILES string of the molecule is CCCNCC(COc1ccc2c(=O)cc(-c3ccccc3)oc2c1)OC(=O)CCC. The van der Waals surface area contributed by atoms with Crippen molar-refractivity contribution in [2.75, 3.05) is 19.7 Å². The van der Waals surface area contributed by atoms with E-state index in [2.05, 4.69) is 12.2 Å². The molecule has 3 rings (SSSR count). The van der Waals surface area contributed by atoms with E-state index in [0.717, 1.165) is 24.9 Å².